The molecule has 1 aliphatic heterocycles. The summed E-state index contributed by atoms with van der Waals surface area (Å²) in [5.74, 6) is 0.256. The van der Waals surface area contributed by atoms with Gasteiger partial charge in [-0.3, -0.25) is 4.98 Å². The van der Waals surface area contributed by atoms with Gasteiger partial charge in [0, 0.05) is 19.3 Å². The van der Waals surface area contributed by atoms with Gasteiger partial charge in [0.2, 0.25) is 5.95 Å². The smallest absolute Gasteiger partial charge is 0.206 e. The Labute approximate surface area is 154 Å². The predicted molar refractivity (Wildman–Crippen MR) is 97.4 cm³/mol. The standard InChI is InChI=1S/C19H18F2N6/c20-13-2-4-17-18(7-13)27(10-14-3-1-12(8-22)9-24-14)19(25-17)26-6-5-15(21)16(23)11-26/h1-4,7,9,15-16H,5-6,10-11,23H2/t15-,16+/m0/s1. The van der Waals surface area contributed by atoms with Crippen molar-refractivity contribution in [1.29, 1.82) is 5.26 Å². The predicted octanol–water partition coefficient (Wildman–Crippen LogP) is 2.37. The van der Waals surface area contributed by atoms with Gasteiger partial charge in [-0.15, -0.1) is 0 Å². The van der Waals surface area contributed by atoms with E-state index in [-0.39, 0.29) is 5.82 Å². The number of rotatable bonds is 3. The molecule has 3 heterocycles. The van der Waals surface area contributed by atoms with Gasteiger partial charge in [0.15, 0.2) is 0 Å². The minimum atomic E-state index is -1.03. The lowest BCUT2D eigenvalue weighted by Crippen LogP contribution is -2.50. The minimum Gasteiger partial charge on any atom is -0.340 e. The molecule has 1 aromatic carbocycles. The van der Waals surface area contributed by atoms with E-state index in [1.807, 2.05) is 15.5 Å². The van der Waals surface area contributed by atoms with Gasteiger partial charge in [0.05, 0.1) is 34.9 Å². The Hall–Kier alpha value is -3.05. The van der Waals surface area contributed by atoms with Gasteiger partial charge in [-0.2, -0.15) is 5.26 Å². The maximum atomic E-state index is 13.8. The van der Waals surface area contributed by atoms with Crippen LogP contribution in [0.2, 0.25) is 0 Å². The van der Waals surface area contributed by atoms with E-state index in [1.54, 1.807) is 18.2 Å². The first-order valence-corrected chi connectivity index (χ1v) is 8.70. The summed E-state index contributed by atoms with van der Waals surface area (Å²) in [6, 6.07) is 9.31. The van der Waals surface area contributed by atoms with Crippen LogP contribution in [0.5, 0.6) is 0 Å². The van der Waals surface area contributed by atoms with E-state index in [0.29, 0.717) is 54.3 Å². The molecule has 3 aromatic rings. The molecule has 0 unspecified atom stereocenters. The SMILES string of the molecule is N#Cc1ccc(Cn2c(N3CC[C@H](F)[C@H](N)C3)nc3ccc(F)cc32)nc1. The summed E-state index contributed by atoms with van der Waals surface area (Å²) in [6.45, 7) is 1.18. The number of fused-ring (bicyclic) bond motifs is 1. The highest BCUT2D eigenvalue weighted by atomic mass is 19.1. The van der Waals surface area contributed by atoms with Crippen LogP contribution in [0.1, 0.15) is 17.7 Å². The van der Waals surface area contributed by atoms with Crippen molar-refractivity contribution >= 4 is 17.0 Å². The Bertz CT molecular complexity index is 1010. The monoisotopic (exact) mass is 368 g/mol. The largest absolute Gasteiger partial charge is 0.340 e. The Kier molecular flexibility index (Phi) is 4.46. The number of alkyl halides is 1. The lowest BCUT2D eigenvalue weighted by Gasteiger charge is -2.34. The zero-order chi connectivity index (χ0) is 19.0. The second-order valence-corrected chi connectivity index (χ2v) is 6.70. The van der Waals surface area contributed by atoms with Gasteiger partial charge in [-0.1, -0.05) is 0 Å². The van der Waals surface area contributed by atoms with Crippen LogP contribution < -0.4 is 10.6 Å². The molecule has 1 saturated heterocycles. The average molecular weight is 368 g/mol. The summed E-state index contributed by atoms with van der Waals surface area (Å²) in [7, 11) is 0. The van der Waals surface area contributed by atoms with E-state index >= 15 is 0 Å². The Morgan fingerprint density at radius 3 is 2.85 bits per heavy atom. The van der Waals surface area contributed by atoms with Crippen molar-refractivity contribution in [3.8, 4) is 6.07 Å². The maximum Gasteiger partial charge on any atom is 0.206 e. The fourth-order valence-corrected chi connectivity index (χ4v) is 3.36. The maximum absolute atomic E-state index is 13.8. The van der Waals surface area contributed by atoms with Crippen molar-refractivity contribution < 1.29 is 8.78 Å². The molecule has 8 heteroatoms. The van der Waals surface area contributed by atoms with Crippen molar-refractivity contribution in [3.05, 3.63) is 53.6 Å². The van der Waals surface area contributed by atoms with Gasteiger partial charge in [0.25, 0.3) is 0 Å². The van der Waals surface area contributed by atoms with E-state index in [1.165, 1.54) is 18.3 Å². The van der Waals surface area contributed by atoms with Crippen LogP contribution in [0.15, 0.2) is 36.5 Å². The van der Waals surface area contributed by atoms with E-state index in [0.717, 1.165) is 0 Å². The van der Waals surface area contributed by atoms with Crippen LogP contribution >= 0.6 is 0 Å². The zero-order valence-corrected chi connectivity index (χ0v) is 14.5. The molecule has 0 spiro atoms. The third-order valence-corrected chi connectivity index (χ3v) is 4.82. The van der Waals surface area contributed by atoms with Crippen LogP contribution in [-0.2, 0) is 6.54 Å². The molecular weight excluding hydrogens is 350 g/mol. The lowest BCUT2D eigenvalue weighted by atomic mass is 10.1. The molecule has 1 aliphatic rings. The molecule has 2 aromatic heterocycles. The molecular formula is C19H18F2N6. The van der Waals surface area contributed by atoms with Crippen LogP contribution in [0.4, 0.5) is 14.7 Å². The minimum absolute atomic E-state index is 0.327. The van der Waals surface area contributed by atoms with Crippen LogP contribution in [0.25, 0.3) is 11.0 Å². The number of nitrogens with zero attached hydrogens (tertiary/aromatic N) is 5. The third kappa shape index (κ3) is 3.34. The first kappa shape index (κ1) is 17.4. The normalized spacial score (nSPS) is 20.0. The van der Waals surface area contributed by atoms with Crippen molar-refractivity contribution in [3.63, 3.8) is 0 Å². The molecule has 0 aliphatic carbocycles. The second-order valence-electron chi connectivity index (χ2n) is 6.70. The second kappa shape index (κ2) is 6.93. The topological polar surface area (TPSA) is 83.8 Å². The van der Waals surface area contributed by atoms with Crippen LogP contribution in [-0.4, -0.2) is 39.8 Å². The van der Waals surface area contributed by atoms with Crippen LogP contribution in [0.3, 0.4) is 0 Å². The summed E-state index contributed by atoms with van der Waals surface area (Å²) in [5.41, 5.74) is 8.36. The average Bonchev–Trinajstić information content (AvgIpc) is 3.02. The molecule has 4 rings (SSSR count). The number of pyridine rings is 1. The molecule has 1 fully saturated rings. The van der Waals surface area contributed by atoms with Crippen LogP contribution in [0, 0.1) is 17.1 Å². The highest BCUT2D eigenvalue weighted by Gasteiger charge is 2.29. The van der Waals surface area contributed by atoms with Gasteiger partial charge in [-0.25, -0.2) is 13.8 Å². The highest BCUT2D eigenvalue weighted by molar-refractivity contribution is 5.79. The van der Waals surface area contributed by atoms with E-state index < -0.39 is 12.2 Å². The van der Waals surface area contributed by atoms with Crippen molar-refractivity contribution in [1.82, 2.24) is 14.5 Å². The molecule has 6 nitrogen and oxygen atoms in total. The Morgan fingerprint density at radius 1 is 1.30 bits per heavy atom. The first-order valence-electron chi connectivity index (χ1n) is 8.70. The van der Waals surface area contributed by atoms with Crippen molar-refractivity contribution in [2.45, 2.75) is 25.2 Å². The van der Waals surface area contributed by atoms with Crippen molar-refractivity contribution in [2.24, 2.45) is 5.73 Å². The third-order valence-electron chi connectivity index (χ3n) is 4.82. The number of aromatic nitrogens is 3. The molecule has 138 valence electrons. The summed E-state index contributed by atoms with van der Waals surface area (Å²) < 4.78 is 29.5. The number of hydrogen-bond acceptors (Lipinski definition) is 5. The Balaban J connectivity index is 1.76. The van der Waals surface area contributed by atoms with Crippen molar-refractivity contribution in [2.75, 3.05) is 18.0 Å². The number of anilines is 1. The fraction of sp³-hybridized carbons (Fsp3) is 0.316. The number of imidazole rings is 1. The lowest BCUT2D eigenvalue weighted by molar-refractivity contribution is 0.243. The number of hydrogen-bond donors (Lipinski definition) is 1. The number of halogens is 2. The number of benzene rings is 1. The molecule has 2 atom stereocenters. The summed E-state index contributed by atoms with van der Waals surface area (Å²) in [6.07, 6.45) is 0.796. The molecule has 27 heavy (non-hydrogen) atoms. The molecule has 0 amide bonds. The van der Waals surface area contributed by atoms with E-state index in [4.69, 9.17) is 11.0 Å². The molecule has 0 saturated carbocycles. The van der Waals surface area contributed by atoms with Gasteiger partial charge < -0.3 is 15.2 Å². The van der Waals surface area contributed by atoms with E-state index in [9.17, 15) is 8.78 Å². The quantitative estimate of drug-likeness (QED) is 0.767. The molecule has 0 bridgehead atoms. The number of nitriles is 1. The summed E-state index contributed by atoms with van der Waals surface area (Å²) in [4.78, 5) is 10.9. The Morgan fingerprint density at radius 2 is 2.15 bits per heavy atom. The molecule has 0 radical (unpaired) electrons. The fourth-order valence-electron chi connectivity index (χ4n) is 3.36. The first-order chi connectivity index (χ1) is 13.0. The van der Waals surface area contributed by atoms with Gasteiger partial charge in [-0.05, 0) is 36.8 Å². The number of nitrogens with two attached hydrogens (primary N) is 1. The van der Waals surface area contributed by atoms with E-state index in [2.05, 4.69) is 9.97 Å². The summed E-state index contributed by atoms with van der Waals surface area (Å²) >= 11 is 0. The molecule has 2 N–H and O–H groups in total. The number of piperidine rings is 1. The van der Waals surface area contributed by atoms with Gasteiger partial charge >= 0.3 is 0 Å². The summed E-state index contributed by atoms with van der Waals surface area (Å²) in [5, 5.41) is 8.92. The zero-order valence-electron chi connectivity index (χ0n) is 14.5. The highest BCUT2D eigenvalue weighted by Crippen LogP contribution is 2.27. The van der Waals surface area contributed by atoms with Gasteiger partial charge in [0.1, 0.15) is 18.1 Å².